The number of rotatable bonds is 9. The minimum Gasteiger partial charge on any atom is -0.497 e. The molecule has 0 bridgehead atoms. The Balaban J connectivity index is 1.49. The third-order valence-corrected chi connectivity index (χ3v) is 6.06. The van der Waals surface area contributed by atoms with Crippen LogP contribution in [0.1, 0.15) is 27.3 Å². The van der Waals surface area contributed by atoms with Crippen molar-refractivity contribution in [3.05, 3.63) is 107 Å². The fourth-order valence-corrected chi connectivity index (χ4v) is 4.13. The summed E-state index contributed by atoms with van der Waals surface area (Å²) < 4.78 is 20.3. The Morgan fingerprint density at radius 1 is 0.970 bits per heavy atom. The van der Waals surface area contributed by atoms with Gasteiger partial charge in [0.05, 0.1) is 20.2 Å². The van der Waals surface area contributed by atoms with Crippen molar-refractivity contribution in [1.82, 2.24) is 20.1 Å². The molecule has 1 heterocycles. The number of hydrogen-bond acceptors (Lipinski definition) is 5. The number of carbonyl (C=O) groups excluding carboxylic acids is 1. The van der Waals surface area contributed by atoms with Gasteiger partial charge >= 0.3 is 0 Å². The number of benzene rings is 3. The van der Waals surface area contributed by atoms with Crippen LogP contribution < -0.4 is 10.1 Å². The lowest BCUT2D eigenvalue weighted by Crippen LogP contribution is -2.25. The summed E-state index contributed by atoms with van der Waals surface area (Å²) in [5, 5.41) is 12.3. The first-order chi connectivity index (χ1) is 16.1. The van der Waals surface area contributed by atoms with E-state index in [2.05, 4.69) is 15.5 Å². The van der Waals surface area contributed by atoms with Gasteiger partial charge in [0.15, 0.2) is 11.0 Å². The Morgan fingerprint density at radius 3 is 2.39 bits per heavy atom. The first-order valence-corrected chi connectivity index (χ1v) is 11.4. The van der Waals surface area contributed by atoms with E-state index in [9.17, 15) is 9.18 Å². The normalized spacial score (nSPS) is 10.7. The molecule has 4 rings (SSSR count). The molecule has 3 aromatic carbocycles. The number of methoxy groups -OCH3 is 1. The molecular weight excluding hydrogens is 439 g/mol. The summed E-state index contributed by atoms with van der Waals surface area (Å²) in [6.07, 6.45) is 0. The first-order valence-electron chi connectivity index (χ1n) is 10.4. The average Bonchev–Trinajstić information content (AvgIpc) is 3.24. The molecule has 0 saturated carbocycles. The van der Waals surface area contributed by atoms with Crippen molar-refractivity contribution >= 4 is 17.7 Å². The fraction of sp³-hybridized carbons (Fsp3) is 0.160. The second-order valence-electron chi connectivity index (χ2n) is 7.30. The highest BCUT2D eigenvalue weighted by Crippen LogP contribution is 2.23. The van der Waals surface area contributed by atoms with E-state index >= 15 is 0 Å². The van der Waals surface area contributed by atoms with Crippen LogP contribution in [0.2, 0.25) is 0 Å². The molecule has 0 aliphatic heterocycles. The maximum Gasteiger partial charge on any atom is 0.251 e. The zero-order valence-electron chi connectivity index (χ0n) is 18.1. The second-order valence-corrected chi connectivity index (χ2v) is 8.24. The van der Waals surface area contributed by atoms with Crippen LogP contribution in [0.25, 0.3) is 0 Å². The van der Waals surface area contributed by atoms with E-state index in [-0.39, 0.29) is 18.3 Å². The van der Waals surface area contributed by atoms with Gasteiger partial charge in [0.1, 0.15) is 11.6 Å². The van der Waals surface area contributed by atoms with Crippen molar-refractivity contribution in [3.8, 4) is 5.75 Å². The van der Waals surface area contributed by atoms with Gasteiger partial charge in [-0.1, -0.05) is 54.2 Å². The minimum absolute atomic E-state index is 0.201. The third-order valence-electron chi connectivity index (χ3n) is 5.02. The SMILES string of the molecule is COc1ccc(C(=O)NCc2nnc(SCc3ccc(F)cc3)n2Cc2ccccc2)cc1. The van der Waals surface area contributed by atoms with E-state index < -0.39 is 0 Å². The van der Waals surface area contributed by atoms with Crippen LogP contribution in [-0.2, 0) is 18.8 Å². The zero-order chi connectivity index (χ0) is 23.0. The van der Waals surface area contributed by atoms with Crippen molar-refractivity contribution < 1.29 is 13.9 Å². The molecule has 33 heavy (non-hydrogen) atoms. The van der Waals surface area contributed by atoms with Crippen molar-refractivity contribution in [2.75, 3.05) is 7.11 Å². The molecule has 8 heteroatoms. The van der Waals surface area contributed by atoms with Crippen LogP contribution >= 0.6 is 11.8 Å². The zero-order valence-corrected chi connectivity index (χ0v) is 18.9. The Hall–Kier alpha value is -3.65. The number of aromatic nitrogens is 3. The van der Waals surface area contributed by atoms with Gasteiger partial charge in [-0.15, -0.1) is 10.2 Å². The number of thioether (sulfide) groups is 1. The minimum atomic E-state index is -0.258. The molecule has 6 nitrogen and oxygen atoms in total. The van der Waals surface area contributed by atoms with Gasteiger partial charge in [0, 0.05) is 11.3 Å². The predicted octanol–water partition coefficient (Wildman–Crippen LogP) is 4.70. The molecule has 0 aliphatic rings. The van der Waals surface area contributed by atoms with E-state index in [0.29, 0.717) is 29.4 Å². The van der Waals surface area contributed by atoms with Crippen LogP contribution in [0.15, 0.2) is 84.0 Å². The summed E-state index contributed by atoms with van der Waals surface area (Å²) in [7, 11) is 1.58. The van der Waals surface area contributed by atoms with Crippen LogP contribution in [0.5, 0.6) is 5.75 Å². The summed E-state index contributed by atoms with van der Waals surface area (Å²) in [6, 6.07) is 23.3. The van der Waals surface area contributed by atoms with Crippen LogP contribution in [-0.4, -0.2) is 27.8 Å². The quantitative estimate of drug-likeness (QED) is 0.365. The lowest BCUT2D eigenvalue weighted by atomic mass is 10.2. The van der Waals surface area contributed by atoms with Crippen LogP contribution in [0.4, 0.5) is 4.39 Å². The molecule has 4 aromatic rings. The van der Waals surface area contributed by atoms with E-state index in [1.54, 1.807) is 43.5 Å². The molecule has 1 amide bonds. The summed E-state index contributed by atoms with van der Waals surface area (Å²) >= 11 is 1.52. The Kier molecular flexibility index (Phi) is 7.36. The number of ether oxygens (including phenoxy) is 1. The maximum atomic E-state index is 13.2. The molecule has 0 radical (unpaired) electrons. The number of nitrogens with one attached hydrogen (secondary N) is 1. The lowest BCUT2D eigenvalue weighted by molar-refractivity contribution is 0.0949. The summed E-state index contributed by atoms with van der Waals surface area (Å²) in [5.74, 6) is 1.52. The van der Waals surface area contributed by atoms with E-state index in [1.165, 1.54) is 23.9 Å². The van der Waals surface area contributed by atoms with Gasteiger partial charge in [-0.3, -0.25) is 4.79 Å². The molecular formula is C25H23FN4O2S. The van der Waals surface area contributed by atoms with Crippen molar-refractivity contribution in [2.24, 2.45) is 0 Å². The number of nitrogens with zero attached hydrogens (tertiary/aromatic N) is 3. The summed E-state index contributed by atoms with van der Waals surface area (Å²) in [4.78, 5) is 12.6. The molecule has 0 aliphatic carbocycles. The molecule has 0 spiro atoms. The number of halogens is 1. The van der Waals surface area contributed by atoms with E-state index in [0.717, 1.165) is 16.3 Å². The number of carbonyl (C=O) groups is 1. The van der Waals surface area contributed by atoms with Gasteiger partial charge in [-0.05, 0) is 47.5 Å². The average molecular weight is 463 g/mol. The molecule has 1 aromatic heterocycles. The van der Waals surface area contributed by atoms with Crippen molar-refractivity contribution in [2.45, 2.75) is 24.0 Å². The Morgan fingerprint density at radius 2 is 1.70 bits per heavy atom. The van der Waals surface area contributed by atoms with Crippen LogP contribution in [0, 0.1) is 5.82 Å². The van der Waals surface area contributed by atoms with Gasteiger partial charge in [0.2, 0.25) is 0 Å². The molecule has 0 unspecified atom stereocenters. The Labute approximate surface area is 195 Å². The van der Waals surface area contributed by atoms with E-state index in [1.807, 2.05) is 34.9 Å². The lowest BCUT2D eigenvalue weighted by Gasteiger charge is -2.11. The van der Waals surface area contributed by atoms with Gasteiger partial charge in [-0.25, -0.2) is 4.39 Å². The van der Waals surface area contributed by atoms with Gasteiger partial charge < -0.3 is 14.6 Å². The largest absolute Gasteiger partial charge is 0.497 e. The van der Waals surface area contributed by atoms with E-state index in [4.69, 9.17) is 4.74 Å². The molecule has 0 saturated heterocycles. The van der Waals surface area contributed by atoms with Crippen molar-refractivity contribution in [3.63, 3.8) is 0 Å². The highest BCUT2D eigenvalue weighted by molar-refractivity contribution is 7.98. The highest BCUT2D eigenvalue weighted by Gasteiger charge is 2.15. The van der Waals surface area contributed by atoms with Crippen molar-refractivity contribution in [1.29, 1.82) is 0 Å². The summed E-state index contributed by atoms with van der Waals surface area (Å²) in [5.41, 5.74) is 2.63. The number of hydrogen-bond donors (Lipinski definition) is 1. The standard InChI is InChI=1S/C25H23FN4O2S/c1-32-22-13-9-20(10-14-22)24(31)27-15-23-28-29-25(30(23)16-18-5-3-2-4-6-18)33-17-19-7-11-21(26)12-8-19/h2-14H,15-17H2,1H3,(H,27,31). The topological polar surface area (TPSA) is 69.0 Å². The second kappa shape index (κ2) is 10.8. The third kappa shape index (κ3) is 5.98. The molecule has 1 N–H and O–H groups in total. The monoisotopic (exact) mass is 462 g/mol. The number of amides is 1. The first kappa shape index (κ1) is 22.5. The predicted molar refractivity (Wildman–Crippen MR) is 126 cm³/mol. The summed E-state index contributed by atoms with van der Waals surface area (Å²) in [6.45, 7) is 0.815. The molecule has 168 valence electrons. The van der Waals surface area contributed by atoms with Gasteiger partial charge in [0.25, 0.3) is 5.91 Å². The van der Waals surface area contributed by atoms with Crippen LogP contribution in [0.3, 0.4) is 0 Å². The fourth-order valence-electron chi connectivity index (χ4n) is 3.21. The van der Waals surface area contributed by atoms with Gasteiger partial charge in [-0.2, -0.15) is 0 Å². The Bertz CT molecular complexity index is 1200. The smallest absolute Gasteiger partial charge is 0.251 e. The molecule has 0 atom stereocenters. The highest BCUT2D eigenvalue weighted by atomic mass is 32.2. The maximum absolute atomic E-state index is 13.2. The molecule has 0 fully saturated rings.